The van der Waals surface area contributed by atoms with E-state index in [0.717, 1.165) is 12.3 Å². The summed E-state index contributed by atoms with van der Waals surface area (Å²) in [5.41, 5.74) is -0.577. The first-order valence-electron chi connectivity index (χ1n) is 5.47. The van der Waals surface area contributed by atoms with Crippen LogP contribution < -0.4 is 10.6 Å². The molecule has 0 saturated carbocycles. The predicted molar refractivity (Wildman–Crippen MR) is 65.8 cm³/mol. The van der Waals surface area contributed by atoms with Crippen LogP contribution in [0.15, 0.2) is 24.5 Å². The number of aromatic nitrogens is 2. The highest BCUT2D eigenvalue weighted by atomic mass is 19.2. The molecule has 0 fully saturated rings. The van der Waals surface area contributed by atoms with Crippen molar-refractivity contribution in [1.29, 1.82) is 0 Å². The lowest BCUT2D eigenvalue weighted by molar-refractivity contribution is 0.102. The third kappa shape index (κ3) is 2.68. The summed E-state index contributed by atoms with van der Waals surface area (Å²) in [6.45, 7) is 0. The maximum atomic E-state index is 13.4. The smallest absolute Gasteiger partial charge is 0.276 e. The van der Waals surface area contributed by atoms with Crippen molar-refractivity contribution in [3.8, 4) is 0 Å². The van der Waals surface area contributed by atoms with Crippen LogP contribution >= 0.6 is 0 Å². The van der Waals surface area contributed by atoms with Gasteiger partial charge < -0.3 is 10.6 Å². The molecule has 8 heteroatoms. The summed E-state index contributed by atoms with van der Waals surface area (Å²) in [7, 11) is 1.58. The topological polar surface area (TPSA) is 66.9 Å². The van der Waals surface area contributed by atoms with Crippen molar-refractivity contribution >= 4 is 17.4 Å². The van der Waals surface area contributed by atoms with Gasteiger partial charge in [0.25, 0.3) is 5.91 Å². The molecule has 2 rings (SSSR count). The largest absolute Gasteiger partial charge is 0.372 e. The molecule has 1 aromatic carbocycles. The van der Waals surface area contributed by atoms with Gasteiger partial charge in [0.15, 0.2) is 17.5 Å². The van der Waals surface area contributed by atoms with Crippen LogP contribution in [0.2, 0.25) is 0 Å². The number of nitrogens with one attached hydrogen (secondary N) is 2. The molecule has 20 heavy (non-hydrogen) atoms. The molecule has 0 unspecified atom stereocenters. The Labute approximate surface area is 111 Å². The van der Waals surface area contributed by atoms with Gasteiger partial charge in [-0.2, -0.15) is 0 Å². The summed E-state index contributed by atoms with van der Waals surface area (Å²) < 4.78 is 39.2. The molecule has 0 radical (unpaired) electrons. The molecule has 1 aromatic heterocycles. The van der Waals surface area contributed by atoms with Crippen molar-refractivity contribution in [3.05, 3.63) is 47.7 Å². The van der Waals surface area contributed by atoms with Crippen molar-refractivity contribution < 1.29 is 18.0 Å². The minimum Gasteiger partial charge on any atom is -0.372 e. The summed E-state index contributed by atoms with van der Waals surface area (Å²) in [5, 5.41) is 4.77. The van der Waals surface area contributed by atoms with E-state index in [1.165, 1.54) is 6.20 Å². The standard InChI is InChI=1S/C12H9F3N4O/c1-16-9-5-17-4-8(18-9)12(20)19-7-3-2-6(13)10(14)11(7)15/h2-5H,1H3,(H,16,18)(H,19,20). The lowest BCUT2D eigenvalue weighted by Gasteiger charge is -2.07. The molecule has 2 N–H and O–H groups in total. The molecule has 5 nitrogen and oxygen atoms in total. The third-order valence-electron chi connectivity index (χ3n) is 2.41. The van der Waals surface area contributed by atoms with Gasteiger partial charge in [-0.15, -0.1) is 0 Å². The second-order valence-corrected chi connectivity index (χ2v) is 3.72. The van der Waals surface area contributed by atoms with Crippen molar-refractivity contribution in [2.75, 3.05) is 17.7 Å². The summed E-state index contributed by atoms with van der Waals surface area (Å²) in [6.07, 6.45) is 2.54. The van der Waals surface area contributed by atoms with Crippen LogP contribution in [-0.4, -0.2) is 22.9 Å². The first-order chi connectivity index (χ1) is 9.52. The van der Waals surface area contributed by atoms with Crippen molar-refractivity contribution in [3.63, 3.8) is 0 Å². The van der Waals surface area contributed by atoms with E-state index in [1.807, 2.05) is 0 Å². The van der Waals surface area contributed by atoms with E-state index in [4.69, 9.17) is 0 Å². The Bertz CT molecular complexity index is 663. The van der Waals surface area contributed by atoms with Crippen molar-refractivity contribution in [2.24, 2.45) is 0 Å². The number of hydrogen-bond donors (Lipinski definition) is 2. The summed E-state index contributed by atoms with van der Waals surface area (Å²) >= 11 is 0. The van der Waals surface area contributed by atoms with Crippen molar-refractivity contribution in [1.82, 2.24) is 9.97 Å². The molecule has 0 aliphatic carbocycles. The Morgan fingerprint density at radius 1 is 1.15 bits per heavy atom. The van der Waals surface area contributed by atoms with Crippen LogP contribution in [0.3, 0.4) is 0 Å². The maximum absolute atomic E-state index is 13.4. The lowest BCUT2D eigenvalue weighted by atomic mass is 10.2. The highest BCUT2D eigenvalue weighted by molar-refractivity contribution is 6.02. The third-order valence-corrected chi connectivity index (χ3v) is 2.41. The quantitative estimate of drug-likeness (QED) is 0.847. The van der Waals surface area contributed by atoms with Crippen LogP contribution in [0.5, 0.6) is 0 Å². The Morgan fingerprint density at radius 3 is 2.60 bits per heavy atom. The van der Waals surface area contributed by atoms with E-state index in [1.54, 1.807) is 7.05 Å². The lowest BCUT2D eigenvalue weighted by Crippen LogP contribution is -2.16. The predicted octanol–water partition coefficient (Wildman–Crippen LogP) is 2.19. The van der Waals surface area contributed by atoms with Crippen LogP contribution in [0.1, 0.15) is 10.5 Å². The zero-order chi connectivity index (χ0) is 14.7. The summed E-state index contributed by atoms with van der Waals surface area (Å²) in [4.78, 5) is 19.4. The number of carbonyl (C=O) groups excluding carboxylic acids is 1. The van der Waals surface area contributed by atoms with Gasteiger partial charge in [0, 0.05) is 7.05 Å². The molecule has 1 heterocycles. The van der Waals surface area contributed by atoms with E-state index in [0.29, 0.717) is 11.9 Å². The molecule has 0 saturated heterocycles. The normalized spacial score (nSPS) is 10.2. The molecule has 0 bridgehead atoms. The molecule has 1 amide bonds. The van der Waals surface area contributed by atoms with E-state index in [9.17, 15) is 18.0 Å². The average Bonchev–Trinajstić information content (AvgIpc) is 2.48. The van der Waals surface area contributed by atoms with Gasteiger partial charge in [0.1, 0.15) is 11.5 Å². The average molecular weight is 282 g/mol. The summed E-state index contributed by atoms with van der Waals surface area (Å²) in [6, 6.07) is 1.63. The van der Waals surface area contributed by atoms with Gasteiger partial charge in [0.2, 0.25) is 0 Å². The van der Waals surface area contributed by atoms with Gasteiger partial charge in [-0.1, -0.05) is 0 Å². The van der Waals surface area contributed by atoms with Gasteiger partial charge in [0.05, 0.1) is 18.1 Å². The first kappa shape index (κ1) is 13.8. The monoisotopic (exact) mass is 282 g/mol. The van der Waals surface area contributed by atoms with E-state index in [2.05, 4.69) is 20.6 Å². The number of carbonyl (C=O) groups is 1. The molecular formula is C12H9F3N4O. The van der Waals surface area contributed by atoms with Crippen LogP contribution in [0.25, 0.3) is 0 Å². The number of halogens is 3. The first-order valence-corrected chi connectivity index (χ1v) is 5.47. The molecular weight excluding hydrogens is 273 g/mol. The number of hydrogen-bond acceptors (Lipinski definition) is 4. The second-order valence-electron chi connectivity index (χ2n) is 3.72. The second kappa shape index (κ2) is 5.55. The minimum absolute atomic E-state index is 0.0963. The van der Waals surface area contributed by atoms with E-state index < -0.39 is 29.0 Å². The highest BCUT2D eigenvalue weighted by Gasteiger charge is 2.16. The van der Waals surface area contributed by atoms with E-state index >= 15 is 0 Å². The zero-order valence-electron chi connectivity index (χ0n) is 10.2. The van der Waals surface area contributed by atoms with Crippen LogP contribution in [0.4, 0.5) is 24.7 Å². The highest BCUT2D eigenvalue weighted by Crippen LogP contribution is 2.20. The van der Waals surface area contributed by atoms with Gasteiger partial charge in [-0.05, 0) is 12.1 Å². The number of nitrogens with zero attached hydrogens (tertiary/aromatic N) is 2. The van der Waals surface area contributed by atoms with Gasteiger partial charge >= 0.3 is 0 Å². The van der Waals surface area contributed by atoms with Gasteiger partial charge in [-0.25, -0.2) is 18.2 Å². The molecule has 2 aromatic rings. The number of benzene rings is 1. The van der Waals surface area contributed by atoms with Crippen LogP contribution in [0, 0.1) is 17.5 Å². The maximum Gasteiger partial charge on any atom is 0.276 e. The summed E-state index contributed by atoms with van der Waals surface area (Å²) in [5.74, 6) is -4.92. The number of amides is 1. The number of anilines is 2. The van der Waals surface area contributed by atoms with E-state index in [-0.39, 0.29) is 5.69 Å². The molecule has 0 aliphatic rings. The Hall–Kier alpha value is -2.64. The Balaban J connectivity index is 2.25. The minimum atomic E-state index is -1.65. The van der Waals surface area contributed by atoms with Crippen molar-refractivity contribution in [2.45, 2.75) is 0 Å². The fourth-order valence-corrected chi connectivity index (χ4v) is 1.40. The van der Waals surface area contributed by atoms with Crippen LogP contribution in [-0.2, 0) is 0 Å². The Kier molecular flexibility index (Phi) is 3.83. The number of rotatable bonds is 3. The Morgan fingerprint density at radius 2 is 1.90 bits per heavy atom. The molecule has 104 valence electrons. The van der Waals surface area contributed by atoms with Gasteiger partial charge in [-0.3, -0.25) is 9.78 Å². The molecule has 0 spiro atoms. The fraction of sp³-hybridized carbons (Fsp3) is 0.0833. The molecule has 0 aliphatic heterocycles. The zero-order valence-corrected chi connectivity index (χ0v) is 10.2. The molecule has 0 atom stereocenters. The SMILES string of the molecule is CNc1cncc(C(=O)Nc2ccc(F)c(F)c2F)n1. The fourth-order valence-electron chi connectivity index (χ4n) is 1.40.